The molecule has 0 radical (unpaired) electrons. The molecule has 1 aromatic rings. The molecule has 1 aliphatic rings. The Morgan fingerprint density at radius 1 is 1.50 bits per heavy atom. The van der Waals surface area contributed by atoms with E-state index in [4.69, 9.17) is 5.73 Å². The molecule has 1 aliphatic heterocycles. The summed E-state index contributed by atoms with van der Waals surface area (Å²) >= 11 is 2.03. The van der Waals surface area contributed by atoms with Crippen molar-refractivity contribution in [3.8, 4) is 0 Å². The maximum atomic E-state index is 5.79. The molecule has 0 unspecified atom stereocenters. The van der Waals surface area contributed by atoms with Crippen LogP contribution in [0.4, 0.5) is 11.5 Å². The summed E-state index contributed by atoms with van der Waals surface area (Å²) in [6.45, 7) is 8.73. The Balaban J connectivity index is 2.20. The number of hydrogen-bond acceptors (Lipinski definition) is 4. The zero-order valence-electron chi connectivity index (χ0n) is 10.2. The summed E-state index contributed by atoms with van der Waals surface area (Å²) in [6.07, 6.45) is 1.76. The first kappa shape index (κ1) is 11.6. The highest BCUT2D eigenvalue weighted by atomic mass is 32.2. The number of aromatic nitrogens is 1. The minimum absolute atomic E-state index is 0.315. The fraction of sp³-hybridized carbons (Fsp3) is 0.583. The van der Waals surface area contributed by atoms with Crippen molar-refractivity contribution in [2.24, 2.45) is 0 Å². The van der Waals surface area contributed by atoms with E-state index in [-0.39, 0.29) is 0 Å². The number of aryl methyl sites for hydroxylation is 1. The Labute approximate surface area is 101 Å². The molecule has 1 saturated heterocycles. The minimum Gasteiger partial charge on any atom is -0.397 e. The van der Waals surface area contributed by atoms with Gasteiger partial charge in [-0.05, 0) is 32.4 Å². The van der Waals surface area contributed by atoms with E-state index in [1.165, 1.54) is 0 Å². The molecule has 0 atom stereocenters. The first-order valence-corrected chi connectivity index (χ1v) is 6.57. The SMILES string of the molecule is Cc1cc(N2CCSC(C)(C)C2)ncc1N. The molecule has 2 rings (SSSR count). The summed E-state index contributed by atoms with van der Waals surface area (Å²) in [5, 5.41) is 0. The van der Waals surface area contributed by atoms with Gasteiger partial charge < -0.3 is 10.6 Å². The quantitative estimate of drug-likeness (QED) is 0.814. The Hall–Kier alpha value is -0.900. The summed E-state index contributed by atoms with van der Waals surface area (Å²) < 4.78 is 0.315. The van der Waals surface area contributed by atoms with E-state index < -0.39 is 0 Å². The standard InChI is InChI=1S/C12H19N3S/c1-9-6-11(14-7-10(9)13)15-4-5-16-12(2,3)8-15/h6-7H,4-5,8,13H2,1-3H3. The van der Waals surface area contributed by atoms with Crippen LogP contribution in [0.5, 0.6) is 0 Å². The van der Waals surface area contributed by atoms with Gasteiger partial charge in [0.05, 0.1) is 11.9 Å². The average Bonchev–Trinajstić information content (AvgIpc) is 2.20. The van der Waals surface area contributed by atoms with E-state index in [1.54, 1.807) is 6.20 Å². The molecule has 0 amide bonds. The maximum Gasteiger partial charge on any atom is 0.128 e. The second kappa shape index (κ2) is 4.17. The van der Waals surface area contributed by atoms with Crippen LogP contribution in [0.25, 0.3) is 0 Å². The summed E-state index contributed by atoms with van der Waals surface area (Å²) in [5.41, 5.74) is 7.67. The van der Waals surface area contributed by atoms with Gasteiger partial charge in [-0.25, -0.2) is 4.98 Å². The largest absolute Gasteiger partial charge is 0.397 e. The molecule has 0 saturated carbocycles. The van der Waals surface area contributed by atoms with E-state index in [0.717, 1.165) is 35.9 Å². The fourth-order valence-electron chi connectivity index (χ4n) is 1.94. The molecule has 4 heteroatoms. The average molecular weight is 237 g/mol. The van der Waals surface area contributed by atoms with Crippen LogP contribution in [-0.4, -0.2) is 28.6 Å². The van der Waals surface area contributed by atoms with Crippen molar-refractivity contribution in [3.63, 3.8) is 0 Å². The topological polar surface area (TPSA) is 42.2 Å². The maximum absolute atomic E-state index is 5.79. The smallest absolute Gasteiger partial charge is 0.128 e. The predicted octanol–water partition coefficient (Wildman–Crippen LogP) is 2.30. The third-order valence-electron chi connectivity index (χ3n) is 2.89. The third kappa shape index (κ3) is 2.43. The summed E-state index contributed by atoms with van der Waals surface area (Å²) in [4.78, 5) is 6.77. The van der Waals surface area contributed by atoms with Crippen LogP contribution in [0.2, 0.25) is 0 Å². The molecule has 0 spiro atoms. The molecule has 3 nitrogen and oxygen atoms in total. The van der Waals surface area contributed by atoms with Gasteiger partial charge in [0, 0.05) is 23.6 Å². The summed E-state index contributed by atoms with van der Waals surface area (Å²) in [7, 11) is 0. The van der Waals surface area contributed by atoms with Crippen molar-refractivity contribution >= 4 is 23.3 Å². The summed E-state index contributed by atoms with van der Waals surface area (Å²) in [6, 6.07) is 2.08. The molecule has 1 aromatic heterocycles. The highest BCUT2D eigenvalue weighted by Crippen LogP contribution is 2.31. The van der Waals surface area contributed by atoms with Crippen LogP contribution in [-0.2, 0) is 0 Å². The molecule has 1 fully saturated rings. The molecule has 0 aliphatic carbocycles. The van der Waals surface area contributed by atoms with Crippen LogP contribution < -0.4 is 10.6 Å². The van der Waals surface area contributed by atoms with Crippen molar-refractivity contribution in [2.45, 2.75) is 25.5 Å². The van der Waals surface area contributed by atoms with E-state index in [9.17, 15) is 0 Å². The van der Waals surface area contributed by atoms with Crippen LogP contribution in [0, 0.1) is 6.92 Å². The molecule has 0 aromatic carbocycles. The van der Waals surface area contributed by atoms with Crippen molar-refractivity contribution in [1.82, 2.24) is 4.98 Å². The molecular formula is C12H19N3S. The molecular weight excluding hydrogens is 218 g/mol. The van der Waals surface area contributed by atoms with Gasteiger partial charge in [0.25, 0.3) is 0 Å². The number of nitrogens with two attached hydrogens (primary N) is 1. The number of pyridine rings is 1. The molecule has 88 valence electrons. The highest BCUT2D eigenvalue weighted by molar-refractivity contribution is 8.00. The normalized spacial score (nSPS) is 19.8. The Kier molecular flexibility index (Phi) is 3.02. The predicted molar refractivity (Wildman–Crippen MR) is 72.1 cm³/mol. The molecule has 0 bridgehead atoms. The molecule has 2 heterocycles. The minimum atomic E-state index is 0.315. The monoisotopic (exact) mass is 237 g/mol. The first-order valence-electron chi connectivity index (χ1n) is 5.59. The van der Waals surface area contributed by atoms with Crippen LogP contribution in [0.3, 0.4) is 0 Å². The lowest BCUT2D eigenvalue weighted by atomic mass is 10.1. The number of anilines is 2. The van der Waals surface area contributed by atoms with Gasteiger partial charge >= 0.3 is 0 Å². The fourth-order valence-corrected chi connectivity index (χ4v) is 3.05. The second-order valence-electron chi connectivity index (χ2n) is 4.93. The number of rotatable bonds is 1. The third-order valence-corrected chi connectivity index (χ3v) is 4.18. The number of thioether (sulfide) groups is 1. The van der Waals surface area contributed by atoms with Gasteiger partial charge in [0.15, 0.2) is 0 Å². The Morgan fingerprint density at radius 3 is 2.88 bits per heavy atom. The summed E-state index contributed by atoms with van der Waals surface area (Å²) in [5.74, 6) is 2.22. The highest BCUT2D eigenvalue weighted by Gasteiger charge is 2.27. The second-order valence-corrected chi connectivity index (χ2v) is 6.73. The van der Waals surface area contributed by atoms with Gasteiger partial charge in [-0.15, -0.1) is 0 Å². The van der Waals surface area contributed by atoms with Gasteiger partial charge in [-0.3, -0.25) is 0 Å². The van der Waals surface area contributed by atoms with Crippen molar-refractivity contribution < 1.29 is 0 Å². The van der Waals surface area contributed by atoms with Gasteiger partial charge in [-0.2, -0.15) is 11.8 Å². The van der Waals surface area contributed by atoms with E-state index >= 15 is 0 Å². The lowest BCUT2D eigenvalue weighted by Crippen LogP contribution is -2.43. The van der Waals surface area contributed by atoms with E-state index in [0.29, 0.717) is 4.75 Å². The molecule has 16 heavy (non-hydrogen) atoms. The van der Waals surface area contributed by atoms with Crippen LogP contribution in [0.1, 0.15) is 19.4 Å². The van der Waals surface area contributed by atoms with Crippen molar-refractivity contribution in [2.75, 3.05) is 29.5 Å². The zero-order valence-corrected chi connectivity index (χ0v) is 11.0. The Morgan fingerprint density at radius 2 is 2.25 bits per heavy atom. The van der Waals surface area contributed by atoms with E-state index in [1.807, 2.05) is 18.7 Å². The number of nitrogens with zero attached hydrogens (tertiary/aromatic N) is 2. The number of nitrogen functional groups attached to an aromatic ring is 1. The first-order chi connectivity index (χ1) is 7.48. The van der Waals surface area contributed by atoms with Crippen molar-refractivity contribution in [1.29, 1.82) is 0 Å². The number of hydrogen-bond donors (Lipinski definition) is 1. The van der Waals surface area contributed by atoms with Gasteiger partial charge in [0.2, 0.25) is 0 Å². The van der Waals surface area contributed by atoms with Crippen molar-refractivity contribution in [3.05, 3.63) is 17.8 Å². The van der Waals surface area contributed by atoms with Crippen LogP contribution in [0.15, 0.2) is 12.3 Å². The lowest BCUT2D eigenvalue weighted by molar-refractivity contribution is 0.642. The van der Waals surface area contributed by atoms with Gasteiger partial charge in [0.1, 0.15) is 5.82 Å². The van der Waals surface area contributed by atoms with E-state index in [2.05, 4.69) is 29.8 Å². The Bertz CT molecular complexity index is 390. The zero-order chi connectivity index (χ0) is 11.8. The van der Waals surface area contributed by atoms with Gasteiger partial charge in [-0.1, -0.05) is 0 Å². The van der Waals surface area contributed by atoms with Crippen LogP contribution >= 0.6 is 11.8 Å². The molecule has 2 N–H and O–H groups in total. The lowest BCUT2D eigenvalue weighted by Gasteiger charge is -2.38.